The van der Waals surface area contributed by atoms with Gasteiger partial charge in [0.15, 0.2) is 5.69 Å². The number of aromatic nitrogens is 2. The summed E-state index contributed by atoms with van der Waals surface area (Å²) in [6.07, 6.45) is 0. The molecule has 1 fully saturated rings. The van der Waals surface area contributed by atoms with Crippen molar-refractivity contribution in [2.45, 2.75) is 0 Å². The van der Waals surface area contributed by atoms with Gasteiger partial charge in [-0.25, -0.2) is 4.39 Å². The Labute approximate surface area is 165 Å². The van der Waals surface area contributed by atoms with E-state index in [2.05, 4.69) is 10.00 Å². The van der Waals surface area contributed by atoms with Crippen molar-refractivity contribution >= 4 is 34.1 Å². The lowest BCUT2D eigenvalue weighted by molar-refractivity contribution is 0.0737. The lowest BCUT2D eigenvalue weighted by atomic mass is 10.1. The first kappa shape index (κ1) is 18.4. The van der Waals surface area contributed by atoms with Crippen LogP contribution in [-0.4, -0.2) is 46.8 Å². The fraction of sp³-hybridized carbons (Fsp3) is 0.250. The molecule has 1 amide bonds. The number of amides is 1. The van der Waals surface area contributed by atoms with Gasteiger partial charge < -0.3 is 9.80 Å². The maximum atomic E-state index is 13.1. The zero-order valence-corrected chi connectivity index (χ0v) is 16.0. The second-order valence-electron chi connectivity index (χ2n) is 6.72. The molecule has 2 aromatic carbocycles. The van der Waals surface area contributed by atoms with E-state index in [1.165, 1.54) is 16.8 Å². The van der Waals surface area contributed by atoms with Crippen molar-refractivity contribution in [2.24, 2.45) is 7.05 Å². The van der Waals surface area contributed by atoms with Gasteiger partial charge in [-0.3, -0.25) is 14.3 Å². The Hall–Kier alpha value is -2.93. The van der Waals surface area contributed by atoms with E-state index < -0.39 is 5.43 Å². The molecule has 0 atom stereocenters. The Bertz CT molecular complexity index is 1110. The summed E-state index contributed by atoms with van der Waals surface area (Å²) in [5, 5.41) is 5.01. The standard InChI is InChI=1S/C20H18ClFN4O2/c1-24-17-7-2-13(21)12-16(17)19(27)18(23-24)20(28)26-10-8-25(9-11-26)15-5-3-14(22)4-6-15/h2-7,12H,8-11H2,1H3. The predicted octanol–water partition coefficient (Wildman–Crippen LogP) is 2.69. The molecule has 1 aliphatic heterocycles. The van der Waals surface area contributed by atoms with E-state index in [0.29, 0.717) is 42.1 Å². The van der Waals surface area contributed by atoms with Gasteiger partial charge in [0.25, 0.3) is 5.91 Å². The SMILES string of the molecule is Cn1nc(C(=O)N2CCN(c3ccc(F)cc3)CC2)c(=O)c2cc(Cl)ccc21. The lowest BCUT2D eigenvalue weighted by Crippen LogP contribution is -2.50. The third kappa shape index (κ3) is 3.33. The monoisotopic (exact) mass is 400 g/mol. The number of piperazine rings is 1. The third-order valence-electron chi connectivity index (χ3n) is 4.98. The van der Waals surface area contributed by atoms with Crippen molar-refractivity contribution in [1.29, 1.82) is 0 Å². The van der Waals surface area contributed by atoms with Gasteiger partial charge in [0.05, 0.1) is 10.9 Å². The molecule has 0 bridgehead atoms. The number of hydrogen-bond donors (Lipinski definition) is 0. The van der Waals surface area contributed by atoms with Crippen LogP contribution in [0.4, 0.5) is 10.1 Å². The van der Waals surface area contributed by atoms with Gasteiger partial charge in [0.1, 0.15) is 5.82 Å². The smallest absolute Gasteiger partial charge is 0.278 e. The summed E-state index contributed by atoms with van der Waals surface area (Å²) in [5.74, 6) is -0.669. The summed E-state index contributed by atoms with van der Waals surface area (Å²) in [6, 6.07) is 11.2. The molecule has 0 unspecified atom stereocenters. The van der Waals surface area contributed by atoms with E-state index in [1.807, 2.05) is 0 Å². The molecular weight excluding hydrogens is 383 g/mol. The van der Waals surface area contributed by atoms with Crippen LogP contribution in [0.2, 0.25) is 5.02 Å². The number of rotatable bonds is 2. The molecule has 1 aromatic heterocycles. The molecular formula is C20H18ClFN4O2. The molecule has 0 saturated carbocycles. The summed E-state index contributed by atoms with van der Waals surface area (Å²) in [5.41, 5.74) is 1.00. The quantitative estimate of drug-likeness (QED) is 0.663. The van der Waals surface area contributed by atoms with Crippen molar-refractivity contribution in [1.82, 2.24) is 14.7 Å². The van der Waals surface area contributed by atoms with Crippen molar-refractivity contribution in [3.63, 3.8) is 0 Å². The van der Waals surface area contributed by atoms with E-state index in [9.17, 15) is 14.0 Å². The Morgan fingerprint density at radius 2 is 1.75 bits per heavy atom. The Morgan fingerprint density at radius 1 is 1.07 bits per heavy atom. The molecule has 0 aliphatic carbocycles. The summed E-state index contributed by atoms with van der Waals surface area (Å²) in [4.78, 5) is 29.4. The molecule has 3 aromatic rings. The largest absolute Gasteiger partial charge is 0.368 e. The van der Waals surface area contributed by atoms with Crippen LogP contribution in [0.3, 0.4) is 0 Å². The van der Waals surface area contributed by atoms with Gasteiger partial charge in [-0.2, -0.15) is 5.10 Å². The van der Waals surface area contributed by atoms with Crippen molar-refractivity contribution in [3.05, 3.63) is 69.2 Å². The van der Waals surface area contributed by atoms with Crippen LogP contribution >= 0.6 is 11.6 Å². The topological polar surface area (TPSA) is 58.4 Å². The van der Waals surface area contributed by atoms with Gasteiger partial charge in [-0.1, -0.05) is 11.6 Å². The number of carbonyl (C=O) groups excluding carboxylic acids is 1. The van der Waals surface area contributed by atoms with Crippen molar-refractivity contribution < 1.29 is 9.18 Å². The van der Waals surface area contributed by atoms with Crippen molar-refractivity contribution in [3.8, 4) is 0 Å². The number of carbonyl (C=O) groups is 1. The van der Waals surface area contributed by atoms with Crippen LogP contribution in [0.5, 0.6) is 0 Å². The number of aryl methyl sites for hydroxylation is 1. The van der Waals surface area contributed by atoms with Gasteiger partial charge in [-0.05, 0) is 42.5 Å². The van der Waals surface area contributed by atoms with E-state index in [4.69, 9.17) is 11.6 Å². The molecule has 0 spiro atoms. The van der Waals surface area contributed by atoms with Crippen LogP contribution in [0.25, 0.3) is 10.9 Å². The average Bonchev–Trinajstić information content (AvgIpc) is 2.71. The highest BCUT2D eigenvalue weighted by Crippen LogP contribution is 2.19. The Morgan fingerprint density at radius 3 is 2.43 bits per heavy atom. The van der Waals surface area contributed by atoms with Crippen LogP contribution in [0.1, 0.15) is 10.5 Å². The number of fused-ring (bicyclic) bond motifs is 1. The maximum absolute atomic E-state index is 13.1. The minimum atomic E-state index is -0.415. The van der Waals surface area contributed by atoms with Crippen LogP contribution in [-0.2, 0) is 7.05 Å². The lowest BCUT2D eigenvalue weighted by Gasteiger charge is -2.35. The highest BCUT2D eigenvalue weighted by Gasteiger charge is 2.26. The maximum Gasteiger partial charge on any atom is 0.278 e. The van der Waals surface area contributed by atoms with Gasteiger partial charge >= 0.3 is 0 Å². The van der Waals surface area contributed by atoms with E-state index in [0.717, 1.165) is 5.69 Å². The van der Waals surface area contributed by atoms with Gasteiger partial charge in [0.2, 0.25) is 5.43 Å². The number of halogens is 2. The molecule has 0 N–H and O–H groups in total. The normalized spacial score (nSPS) is 14.5. The molecule has 1 aliphatic rings. The number of benzene rings is 2. The Kier molecular flexibility index (Phi) is 4.77. The number of anilines is 1. The summed E-state index contributed by atoms with van der Waals surface area (Å²) in [7, 11) is 1.69. The molecule has 0 radical (unpaired) electrons. The molecule has 6 nitrogen and oxygen atoms in total. The van der Waals surface area contributed by atoms with Gasteiger partial charge in [-0.15, -0.1) is 0 Å². The molecule has 8 heteroatoms. The first-order valence-corrected chi connectivity index (χ1v) is 9.28. The van der Waals surface area contributed by atoms with Crippen LogP contribution in [0, 0.1) is 5.82 Å². The summed E-state index contributed by atoms with van der Waals surface area (Å²) >= 11 is 6.01. The average molecular weight is 401 g/mol. The van der Waals surface area contributed by atoms with E-state index in [1.54, 1.807) is 42.3 Å². The van der Waals surface area contributed by atoms with Crippen molar-refractivity contribution in [2.75, 3.05) is 31.1 Å². The predicted molar refractivity (Wildman–Crippen MR) is 107 cm³/mol. The molecule has 28 heavy (non-hydrogen) atoms. The fourth-order valence-corrected chi connectivity index (χ4v) is 3.63. The Balaban J connectivity index is 1.56. The molecule has 1 saturated heterocycles. The molecule has 2 heterocycles. The summed E-state index contributed by atoms with van der Waals surface area (Å²) < 4.78 is 14.6. The minimum absolute atomic E-state index is 0.104. The molecule has 4 rings (SSSR count). The zero-order valence-electron chi connectivity index (χ0n) is 15.2. The third-order valence-corrected chi connectivity index (χ3v) is 5.21. The summed E-state index contributed by atoms with van der Waals surface area (Å²) in [6.45, 7) is 2.09. The number of nitrogens with zero attached hydrogens (tertiary/aromatic N) is 4. The zero-order chi connectivity index (χ0) is 19.8. The second-order valence-corrected chi connectivity index (χ2v) is 7.15. The van der Waals surface area contributed by atoms with E-state index >= 15 is 0 Å². The minimum Gasteiger partial charge on any atom is -0.368 e. The highest BCUT2D eigenvalue weighted by atomic mass is 35.5. The van der Waals surface area contributed by atoms with Crippen LogP contribution < -0.4 is 10.3 Å². The van der Waals surface area contributed by atoms with E-state index in [-0.39, 0.29) is 17.4 Å². The first-order chi connectivity index (χ1) is 13.4. The molecule has 144 valence electrons. The highest BCUT2D eigenvalue weighted by molar-refractivity contribution is 6.31. The fourth-order valence-electron chi connectivity index (χ4n) is 3.46. The van der Waals surface area contributed by atoms with Gasteiger partial charge in [0, 0.05) is 43.9 Å². The number of hydrogen-bond acceptors (Lipinski definition) is 4. The second kappa shape index (κ2) is 7.24. The van der Waals surface area contributed by atoms with Crippen LogP contribution in [0.15, 0.2) is 47.3 Å². The first-order valence-electron chi connectivity index (χ1n) is 8.90.